The summed E-state index contributed by atoms with van der Waals surface area (Å²) in [7, 11) is 0. The van der Waals surface area contributed by atoms with E-state index in [4.69, 9.17) is 4.42 Å². The first-order chi connectivity index (χ1) is 11.7. The van der Waals surface area contributed by atoms with Crippen molar-refractivity contribution in [3.8, 4) is 11.3 Å². The van der Waals surface area contributed by atoms with Crippen LogP contribution in [0.5, 0.6) is 0 Å². The van der Waals surface area contributed by atoms with Crippen molar-refractivity contribution >= 4 is 5.91 Å². The van der Waals surface area contributed by atoms with E-state index in [1.165, 1.54) is 6.39 Å². The van der Waals surface area contributed by atoms with Gasteiger partial charge in [-0.3, -0.25) is 4.79 Å². The fraction of sp³-hybridized carbons (Fsp3) is 0.294. The Morgan fingerprint density at radius 2 is 2.12 bits per heavy atom. The molecule has 0 aliphatic carbocycles. The lowest BCUT2D eigenvalue weighted by atomic mass is 10.1. The number of nitrogens with zero attached hydrogens (tertiary/aromatic N) is 4. The van der Waals surface area contributed by atoms with Crippen LogP contribution >= 0.6 is 0 Å². The zero-order valence-corrected chi connectivity index (χ0v) is 13.3. The van der Waals surface area contributed by atoms with Crippen LogP contribution in [0.3, 0.4) is 0 Å². The third-order valence-corrected chi connectivity index (χ3v) is 4.33. The summed E-state index contributed by atoms with van der Waals surface area (Å²) in [4.78, 5) is 16.4. The van der Waals surface area contributed by atoms with Gasteiger partial charge in [0.05, 0.1) is 6.20 Å². The fourth-order valence-electron chi connectivity index (χ4n) is 2.99. The lowest BCUT2D eigenvalue weighted by Crippen LogP contribution is -2.41. The Kier molecular flexibility index (Phi) is 3.60. The van der Waals surface area contributed by atoms with Gasteiger partial charge in [-0.15, -0.1) is 10.2 Å². The molecule has 7 nitrogen and oxygen atoms in total. The fourth-order valence-corrected chi connectivity index (χ4v) is 2.99. The van der Waals surface area contributed by atoms with Gasteiger partial charge >= 0.3 is 0 Å². The van der Waals surface area contributed by atoms with Gasteiger partial charge in [0.1, 0.15) is 11.6 Å². The van der Waals surface area contributed by atoms with Crippen LogP contribution in [0.1, 0.15) is 28.4 Å². The lowest BCUT2D eigenvalue weighted by Gasteiger charge is -2.25. The molecule has 0 saturated carbocycles. The van der Waals surface area contributed by atoms with Gasteiger partial charge in [-0.1, -0.05) is 12.1 Å². The molecule has 1 aromatic carbocycles. The number of fused-ring (bicyclic) bond motifs is 1. The van der Waals surface area contributed by atoms with Crippen LogP contribution in [0.15, 0.2) is 41.3 Å². The monoisotopic (exact) mass is 323 g/mol. The Morgan fingerprint density at radius 3 is 2.88 bits per heavy atom. The molecule has 7 heteroatoms. The number of aryl methyl sites for hydroxylation is 2. The van der Waals surface area contributed by atoms with Gasteiger partial charge in [0.15, 0.2) is 12.2 Å². The third kappa shape index (κ3) is 2.68. The van der Waals surface area contributed by atoms with Crippen LogP contribution < -0.4 is 5.32 Å². The molecule has 0 bridgehead atoms. The average Bonchev–Trinajstić information content (AvgIpc) is 3.26. The second-order valence-corrected chi connectivity index (χ2v) is 5.93. The number of benzene rings is 1. The molecule has 1 N–H and O–H groups in total. The van der Waals surface area contributed by atoms with Crippen molar-refractivity contribution in [3.63, 3.8) is 0 Å². The summed E-state index contributed by atoms with van der Waals surface area (Å²) in [6.07, 6.45) is 4.74. The number of carbonyl (C=O) groups excluding carboxylic acids is 1. The second-order valence-electron chi connectivity index (χ2n) is 5.93. The minimum atomic E-state index is -0.0710. The second kappa shape index (κ2) is 5.92. The van der Waals surface area contributed by atoms with Gasteiger partial charge in [0.25, 0.3) is 5.91 Å². The van der Waals surface area contributed by atoms with Gasteiger partial charge in [-0.25, -0.2) is 4.98 Å². The van der Waals surface area contributed by atoms with Crippen LogP contribution in [0.2, 0.25) is 0 Å². The molecule has 3 aromatic rings. The van der Waals surface area contributed by atoms with Crippen LogP contribution in [0, 0.1) is 6.92 Å². The molecule has 0 radical (unpaired) electrons. The maximum absolute atomic E-state index is 12.5. The zero-order valence-electron chi connectivity index (χ0n) is 13.3. The van der Waals surface area contributed by atoms with E-state index in [1.807, 2.05) is 19.1 Å². The normalized spacial score (nSPS) is 16.6. The molecule has 1 aliphatic rings. The van der Waals surface area contributed by atoms with Crippen molar-refractivity contribution in [1.82, 2.24) is 25.1 Å². The molecule has 3 heterocycles. The molecule has 24 heavy (non-hydrogen) atoms. The Balaban J connectivity index is 1.44. The van der Waals surface area contributed by atoms with E-state index in [1.54, 1.807) is 18.3 Å². The number of amides is 1. The molecule has 1 amide bonds. The highest BCUT2D eigenvalue weighted by Crippen LogP contribution is 2.19. The predicted molar refractivity (Wildman–Crippen MR) is 86.3 cm³/mol. The van der Waals surface area contributed by atoms with E-state index in [0.29, 0.717) is 11.3 Å². The van der Waals surface area contributed by atoms with Gasteiger partial charge in [0, 0.05) is 30.1 Å². The number of aromatic nitrogens is 4. The molecule has 1 unspecified atom stereocenters. The van der Waals surface area contributed by atoms with Gasteiger partial charge < -0.3 is 14.3 Å². The van der Waals surface area contributed by atoms with E-state index in [-0.39, 0.29) is 11.9 Å². The maximum Gasteiger partial charge on any atom is 0.251 e. The Labute approximate surface area is 138 Å². The summed E-state index contributed by atoms with van der Waals surface area (Å²) in [5.74, 6) is 2.50. The Bertz CT molecular complexity index is 852. The van der Waals surface area contributed by atoms with E-state index >= 15 is 0 Å². The SMILES string of the molecule is Cc1nnc2n1CC(NC(=O)c1ccc(-c3cnco3)cc1)CC2. The molecule has 1 aliphatic heterocycles. The number of hydrogen-bond donors (Lipinski definition) is 1. The van der Waals surface area contributed by atoms with Crippen molar-refractivity contribution in [3.05, 3.63) is 54.1 Å². The Hall–Kier alpha value is -2.96. The molecule has 1 atom stereocenters. The first-order valence-electron chi connectivity index (χ1n) is 7.89. The molecule has 0 fully saturated rings. The number of rotatable bonds is 3. The zero-order chi connectivity index (χ0) is 16.5. The summed E-state index contributed by atoms with van der Waals surface area (Å²) < 4.78 is 7.32. The maximum atomic E-state index is 12.5. The van der Waals surface area contributed by atoms with Crippen LogP contribution in [-0.4, -0.2) is 31.7 Å². The first-order valence-corrected chi connectivity index (χ1v) is 7.89. The standard InChI is InChI=1S/C17H17N5O2/c1-11-20-21-16-7-6-14(9-22(11)16)19-17(23)13-4-2-12(3-5-13)15-8-18-10-24-15/h2-5,8,10,14H,6-7,9H2,1H3,(H,19,23). The van der Waals surface area contributed by atoms with Crippen LogP contribution in [0.4, 0.5) is 0 Å². The van der Waals surface area contributed by atoms with E-state index in [0.717, 1.165) is 36.6 Å². The molecule has 4 rings (SSSR count). The third-order valence-electron chi connectivity index (χ3n) is 4.33. The van der Waals surface area contributed by atoms with E-state index in [9.17, 15) is 4.79 Å². The highest BCUT2D eigenvalue weighted by molar-refractivity contribution is 5.94. The molecule has 122 valence electrons. The summed E-state index contributed by atoms with van der Waals surface area (Å²) in [6, 6.07) is 7.40. The number of nitrogens with one attached hydrogen (secondary N) is 1. The molecular weight excluding hydrogens is 306 g/mol. The summed E-state index contributed by atoms with van der Waals surface area (Å²) in [6.45, 7) is 2.65. The first kappa shape index (κ1) is 14.6. The minimum Gasteiger partial charge on any atom is -0.444 e. The smallest absolute Gasteiger partial charge is 0.251 e. The molecule has 0 spiro atoms. The largest absolute Gasteiger partial charge is 0.444 e. The lowest BCUT2D eigenvalue weighted by molar-refractivity contribution is 0.0927. The number of hydrogen-bond acceptors (Lipinski definition) is 5. The average molecular weight is 323 g/mol. The van der Waals surface area contributed by atoms with Crippen LogP contribution in [-0.2, 0) is 13.0 Å². The van der Waals surface area contributed by atoms with E-state index < -0.39 is 0 Å². The van der Waals surface area contributed by atoms with Crippen molar-refractivity contribution in [1.29, 1.82) is 0 Å². The van der Waals surface area contributed by atoms with Gasteiger partial charge in [0.2, 0.25) is 0 Å². The number of oxazole rings is 1. The van der Waals surface area contributed by atoms with Crippen molar-refractivity contribution < 1.29 is 9.21 Å². The highest BCUT2D eigenvalue weighted by atomic mass is 16.3. The van der Waals surface area contributed by atoms with Crippen LogP contribution in [0.25, 0.3) is 11.3 Å². The summed E-state index contributed by atoms with van der Waals surface area (Å²) in [5.41, 5.74) is 1.52. The molecular formula is C17H17N5O2. The molecule has 2 aromatic heterocycles. The number of carbonyl (C=O) groups is 1. The Morgan fingerprint density at radius 1 is 1.29 bits per heavy atom. The summed E-state index contributed by atoms with van der Waals surface area (Å²) in [5, 5.41) is 11.3. The van der Waals surface area contributed by atoms with Gasteiger partial charge in [-0.2, -0.15) is 0 Å². The van der Waals surface area contributed by atoms with Gasteiger partial charge in [-0.05, 0) is 25.5 Å². The summed E-state index contributed by atoms with van der Waals surface area (Å²) >= 11 is 0. The quantitative estimate of drug-likeness (QED) is 0.796. The topological polar surface area (TPSA) is 85.8 Å². The van der Waals surface area contributed by atoms with E-state index in [2.05, 4.69) is 25.1 Å². The highest BCUT2D eigenvalue weighted by Gasteiger charge is 2.23. The van der Waals surface area contributed by atoms with Crippen molar-refractivity contribution in [2.75, 3.05) is 0 Å². The van der Waals surface area contributed by atoms with Crippen molar-refractivity contribution in [2.24, 2.45) is 0 Å². The molecule has 0 saturated heterocycles. The predicted octanol–water partition coefficient (Wildman–Crippen LogP) is 1.99. The minimum absolute atomic E-state index is 0.0710. The van der Waals surface area contributed by atoms with Crippen molar-refractivity contribution in [2.45, 2.75) is 32.4 Å².